The summed E-state index contributed by atoms with van der Waals surface area (Å²) in [7, 11) is 0. The summed E-state index contributed by atoms with van der Waals surface area (Å²) in [5, 5.41) is 0.737. The van der Waals surface area contributed by atoms with E-state index in [0.717, 1.165) is 25.5 Å². The fraction of sp³-hybridized carbons (Fsp3) is 0.286. The van der Waals surface area contributed by atoms with Gasteiger partial charge in [0.15, 0.2) is 4.77 Å². The molecule has 3 nitrogen and oxygen atoms in total. The van der Waals surface area contributed by atoms with Crippen molar-refractivity contribution in [1.82, 2.24) is 9.55 Å². The third-order valence-corrected chi connectivity index (χ3v) is 6.47. The Kier molecular flexibility index (Phi) is 3.81. The molecule has 0 radical (unpaired) electrons. The molecule has 3 heterocycles. The van der Waals surface area contributed by atoms with Crippen molar-refractivity contribution in [3.05, 3.63) is 46.9 Å². The van der Waals surface area contributed by atoms with Crippen molar-refractivity contribution in [1.29, 1.82) is 0 Å². The van der Waals surface area contributed by atoms with Crippen LogP contribution in [-0.4, -0.2) is 9.55 Å². The molecule has 0 aromatic carbocycles. The standard InChI is InChI=1S/C14H13ClN2OS3/c1-6-8(3)20-12-11(6)13(18)17(14(19)16-12)7(2)9-4-5-10(15)21-9/h4-5,7H,1-3H3,(H,16,19). The molecule has 0 fully saturated rings. The van der Waals surface area contributed by atoms with E-state index in [2.05, 4.69) is 4.98 Å². The minimum atomic E-state index is -0.136. The zero-order chi connectivity index (χ0) is 15.3. The molecule has 0 aliphatic heterocycles. The van der Waals surface area contributed by atoms with Crippen LogP contribution in [-0.2, 0) is 0 Å². The highest BCUT2D eigenvalue weighted by Gasteiger charge is 2.18. The summed E-state index contributed by atoms with van der Waals surface area (Å²) in [5.74, 6) is 0. The first-order valence-corrected chi connectivity index (χ1v) is 8.82. The number of H-pyrrole nitrogens is 1. The Balaban J connectivity index is 2.30. The molecule has 0 bridgehead atoms. The zero-order valence-electron chi connectivity index (χ0n) is 11.7. The van der Waals surface area contributed by atoms with Gasteiger partial charge in [0.05, 0.1) is 15.8 Å². The van der Waals surface area contributed by atoms with Crippen LogP contribution in [0.5, 0.6) is 0 Å². The number of thiophene rings is 2. The Bertz CT molecular complexity index is 947. The van der Waals surface area contributed by atoms with Crippen LogP contribution in [0, 0.1) is 18.6 Å². The van der Waals surface area contributed by atoms with Gasteiger partial charge < -0.3 is 4.98 Å². The number of nitrogens with one attached hydrogen (secondary N) is 1. The molecular formula is C14H13ClN2OS3. The van der Waals surface area contributed by atoms with Crippen molar-refractivity contribution in [2.75, 3.05) is 0 Å². The van der Waals surface area contributed by atoms with Gasteiger partial charge in [-0.15, -0.1) is 22.7 Å². The van der Waals surface area contributed by atoms with E-state index >= 15 is 0 Å². The largest absolute Gasteiger partial charge is 0.323 e. The van der Waals surface area contributed by atoms with Gasteiger partial charge in [-0.3, -0.25) is 9.36 Å². The zero-order valence-corrected chi connectivity index (χ0v) is 14.9. The number of hydrogen-bond donors (Lipinski definition) is 1. The first-order chi connectivity index (χ1) is 9.90. The van der Waals surface area contributed by atoms with Gasteiger partial charge in [-0.1, -0.05) is 11.6 Å². The van der Waals surface area contributed by atoms with Gasteiger partial charge in [0, 0.05) is 9.75 Å². The van der Waals surface area contributed by atoms with Crippen LogP contribution in [0.4, 0.5) is 0 Å². The number of aryl methyl sites for hydroxylation is 2. The minimum absolute atomic E-state index is 0.0346. The highest BCUT2D eigenvalue weighted by atomic mass is 35.5. The third-order valence-electron chi connectivity index (χ3n) is 3.65. The predicted octanol–water partition coefficient (Wildman–Crippen LogP) is 5.06. The van der Waals surface area contributed by atoms with Crippen LogP contribution in [0.1, 0.15) is 28.3 Å². The molecule has 1 atom stereocenters. The number of rotatable bonds is 2. The quantitative estimate of drug-likeness (QED) is 0.651. The van der Waals surface area contributed by atoms with Crippen LogP contribution < -0.4 is 5.56 Å². The van der Waals surface area contributed by atoms with Gasteiger partial charge in [-0.05, 0) is 50.7 Å². The van der Waals surface area contributed by atoms with Gasteiger partial charge >= 0.3 is 0 Å². The van der Waals surface area contributed by atoms with E-state index in [9.17, 15) is 4.79 Å². The van der Waals surface area contributed by atoms with Gasteiger partial charge in [0.1, 0.15) is 4.83 Å². The molecule has 0 saturated heterocycles. The minimum Gasteiger partial charge on any atom is -0.323 e. The molecule has 1 N–H and O–H groups in total. The van der Waals surface area contributed by atoms with Crippen LogP contribution in [0.15, 0.2) is 16.9 Å². The van der Waals surface area contributed by atoms with Gasteiger partial charge in [-0.25, -0.2) is 0 Å². The number of hydrogen-bond acceptors (Lipinski definition) is 4. The van der Waals surface area contributed by atoms with Crippen LogP contribution in [0.3, 0.4) is 0 Å². The summed E-state index contributed by atoms with van der Waals surface area (Å²) in [6.07, 6.45) is 0. The Labute approximate surface area is 139 Å². The molecule has 0 aliphatic rings. The maximum atomic E-state index is 12.9. The maximum absolute atomic E-state index is 12.9. The lowest BCUT2D eigenvalue weighted by Gasteiger charge is -2.14. The van der Waals surface area contributed by atoms with Crippen molar-refractivity contribution in [2.45, 2.75) is 26.8 Å². The predicted molar refractivity (Wildman–Crippen MR) is 93.9 cm³/mol. The Morgan fingerprint density at radius 2 is 2.05 bits per heavy atom. The second-order valence-corrected chi connectivity index (χ2v) is 8.27. The monoisotopic (exact) mass is 356 g/mol. The molecule has 0 spiro atoms. The summed E-state index contributed by atoms with van der Waals surface area (Å²) in [6, 6.07) is 3.64. The molecule has 1 unspecified atom stereocenters. The molecule has 21 heavy (non-hydrogen) atoms. The third kappa shape index (κ3) is 2.40. The van der Waals surface area contributed by atoms with Gasteiger partial charge in [-0.2, -0.15) is 0 Å². The normalized spacial score (nSPS) is 13.0. The fourth-order valence-corrected chi connectivity index (χ4v) is 4.94. The van der Waals surface area contributed by atoms with Crippen molar-refractivity contribution in [3.8, 4) is 0 Å². The van der Waals surface area contributed by atoms with E-state index in [-0.39, 0.29) is 11.6 Å². The first kappa shape index (κ1) is 15.0. The molecule has 3 aromatic rings. The van der Waals surface area contributed by atoms with E-state index < -0.39 is 0 Å². The summed E-state index contributed by atoms with van der Waals surface area (Å²) in [6.45, 7) is 5.96. The Morgan fingerprint density at radius 1 is 1.33 bits per heavy atom. The average Bonchev–Trinajstić information content (AvgIpc) is 2.95. The topological polar surface area (TPSA) is 37.8 Å². The summed E-state index contributed by atoms with van der Waals surface area (Å²) in [4.78, 5) is 19.1. The Morgan fingerprint density at radius 3 is 2.67 bits per heavy atom. The van der Waals surface area contributed by atoms with E-state index in [1.165, 1.54) is 11.3 Å². The highest BCUT2D eigenvalue weighted by Crippen LogP contribution is 2.30. The molecule has 3 rings (SSSR count). The van der Waals surface area contributed by atoms with Crippen molar-refractivity contribution >= 4 is 56.7 Å². The smallest absolute Gasteiger partial charge is 0.263 e. The van der Waals surface area contributed by atoms with E-state index in [0.29, 0.717) is 9.11 Å². The summed E-state index contributed by atoms with van der Waals surface area (Å²) < 4.78 is 2.80. The van der Waals surface area contributed by atoms with Crippen LogP contribution in [0.25, 0.3) is 10.2 Å². The molecule has 0 aliphatic carbocycles. The number of nitrogens with zero attached hydrogens (tertiary/aromatic N) is 1. The maximum Gasteiger partial charge on any atom is 0.263 e. The van der Waals surface area contributed by atoms with Crippen molar-refractivity contribution in [2.24, 2.45) is 0 Å². The molecule has 0 saturated carbocycles. The van der Waals surface area contributed by atoms with Gasteiger partial charge in [0.2, 0.25) is 0 Å². The molecule has 110 valence electrons. The molecule has 7 heteroatoms. The number of aromatic amines is 1. The van der Waals surface area contributed by atoms with Gasteiger partial charge in [0.25, 0.3) is 5.56 Å². The lowest BCUT2D eigenvalue weighted by atomic mass is 10.2. The van der Waals surface area contributed by atoms with E-state index in [1.807, 2.05) is 32.9 Å². The number of aromatic nitrogens is 2. The average molecular weight is 357 g/mol. The van der Waals surface area contributed by atoms with Crippen molar-refractivity contribution in [3.63, 3.8) is 0 Å². The summed E-state index contributed by atoms with van der Waals surface area (Å²) in [5.41, 5.74) is 0.990. The summed E-state index contributed by atoms with van der Waals surface area (Å²) >= 11 is 14.4. The van der Waals surface area contributed by atoms with E-state index in [4.69, 9.17) is 23.8 Å². The number of halogens is 1. The second-order valence-electron chi connectivity index (χ2n) is 4.91. The molecule has 3 aromatic heterocycles. The SMILES string of the molecule is Cc1sc2[nH]c(=S)n(C(C)c3ccc(Cl)s3)c(=O)c2c1C. The molecule has 0 amide bonds. The lowest BCUT2D eigenvalue weighted by molar-refractivity contribution is 0.609. The lowest BCUT2D eigenvalue weighted by Crippen LogP contribution is -2.25. The van der Waals surface area contributed by atoms with Crippen LogP contribution in [0.2, 0.25) is 4.34 Å². The first-order valence-electron chi connectivity index (χ1n) is 6.40. The van der Waals surface area contributed by atoms with Crippen molar-refractivity contribution < 1.29 is 0 Å². The highest BCUT2D eigenvalue weighted by molar-refractivity contribution is 7.71. The number of fused-ring (bicyclic) bond motifs is 1. The fourth-order valence-electron chi connectivity index (χ4n) is 2.37. The molecular weight excluding hydrogens is 344 g/mol. The Hall–Kier alpha value is -0.950. The van der Waals surface area contributed by atoms with Crippen LogP contribution >= 0.6 is 46.5 Å². The van der Waals surface area contributed by atoms with E-state index in [1.54, 1.807) is 15.9 Å². The second kappa shape index (κ2) is 5.35.